The second kappa shape index (κ2) is 7.84. The fraction of sp³-hybridized carbons (Fsp3) is 0.632. The van der Waals surface area contributed by atoms with E-state index in [0.29, 0.717) is 18.7 Å². The zero-order valence-corrected chi connectivity index (χ0v) is 16.9. The van der Waals surface area contributed by atoms with Crippen molar-refractivity contribution in [1.29, 1.82) is 0 Å². The van der Waals surface area contributed by atoms with Crippen LogP contribution in [0.1, 0.15) is 39.3 Å². The van der Waals surface area contributed by atoms with E-state index < -0.39 is 35.4 Å². The van der Waals surface area contributed by atoms with Crippen LogP contribution in [0, 0.1) is 11.3 Å². The number of carbonyl (C=O) groups is 4. The van der Waals surface area contributed by atoms with Crippen molar-refractivity contribution < 1.29 is 19.2 Å². The van der Waals surface area contributed by atoms with E-state index in [2.05, 4.69) is 20.6 Å². The first kappa shape index (κ1) is 20.8. The molecule has 0 unspecified atom stereocenters. The Hall–Kier alpha value is -2.91. The van der Waals surface area contributed by atoms with Crippen LogP contribution in [0.2, 0.25) is 0 Å². The Morgan fingerprint density at radius 3 is 2.69 bits per heavy atom. The summed E-state index contributed by atoms with van der Waals surface area (Å²) in [6.45, 7) is 5.97. The lowest BCUT2D eigenvalue weighted by Gasteiger charge is -2.32. The molecule has 2 aliphatic heterocycles. The molecule has 1 aromatic rings. The van der Waals surface area contributed by atoms with Crippen LogP contribution in [0.4, 0.5) is 0 Å². The molecular formula is C19H28N6O4. The maximum Gasteiger partial charge on any atom is 0.246 e. The van der Waals surface area contributed by atoms with Gasteiger partial charge in [-0.05, 0) is 17.8 Å². The largest absolute Gasteiger partial charge is 0.368 e. The van der Waals surface area contributed by atoms with E-state index in [1.165, 1.54) is 11.2 Å². The van der Waals surface area contributed by atoms with Crippen molar-refractivity contribution in [3.63, 3.8) is 0 Å². The van der Waals surface area contributed by atoms with Crippen LogP contribution in [0.3, 0.4) is 0 Å². The summed E-state index contributed by atoms with van der Waals surface area (Å²) in [4.78, 5) is 58.2. The third-order valence-corrected chi connectivity index (χ3v) is 5.86. The Bertz CT molecular complexity index is 806. The van der Waals surface area contributed by atoms with Crippen molar-refractivity contribution in [3.05, 3.63) is 18.2 Å². The second-order valence-corrected chi connectivity index (χ2v) is 8.63. The van der Waals surface area contributed by atoms with Gasteiger partial charge in [0.1, 0.15) is 18.1 Å². The van der Waals surface area contributed by atoms with Crippen molar-refractivity contribution in [1.82, 2.24) is 25.5 Å². The van der Waals surface area contributed by atoms with Gasteiger partial charge in [0.15, 0.2) is 0 Å². The first-order valence-corrected chi connectivity index (χ1v) is 9.77. The average molecular weight is 404 g/mol. The highest BCUT2D eigenvalue weighted by molar-refractivity contribution is 5.96. The Balaban J connectivity index is 1.81. The van der Waals surface area contributed by atoms with E-state index in [4.69, 9.17) is 5.73 Å². The molecule has 0 radical (unpaired) electrons. The molecule has 10 heteroatoms. The van der Waals surface area contributed by atoms with Gasteiger partial charge in [0, 0.05) is 25.6 Å². The van der Waals surface area contributed by atoms with Gasteiger partial charge in [-0.3, -0.25) is 19.2 Å². The van der Waals surface area contributed by atoms with Crippen LogP contribution in [0.5, 0.6) is 0 Å². The van der Waals surface area contributed by atoms with Gasteiger partial charge >= 0.3 is 0 Å². The second-order valence-electron chi connectivity index (χ2n) is 8.63. The van der Waals surface area contributed by atoms with Crippen LogP contribution in [0.15, 0.2) is 12.5 Å². The normalized spacial score (nSPS) is 26.8. The standard InChI is InChI=1S/C19H28N6O4/c1-10-6-13(26)24-14(10)17(28)23-12(7-11-8-21-9-22-11)18(29)25-5-4-19(2,3)15(25)16(20)27/h8-10,12,14-15H,4-7H2,1-3H3,(H2,20,27)(H,21,22)(H,23,28)(H,24,26)/t10-,12+,14+,15-/m1/s1. The lowest BCUT2D eigenvalue weighted by atomic mass is 9.84. The maximum absolute atomic E-state index is 13.3. The monoisotopic (exact) mass is 404 g/mol. The molecule has 1 aromatic heterocycles. The molecule has 158 valence electrons. The van der Waals surface area contributed by atoms with Gasteiger partial charge in [0.05, 0.1) is 12.0 Å². The van der Waals surface area contributed by atoms with E-state index in [0.717, 1.165) is 0 Å². The summed E-state index contributed by atoms with van der Waals surface area (Å²) in [5, 5.41) is 5.41. The lowest BCUT2D eigenvalue weighted by molar-refractivity contribution is -0.142. The number of nitrogens with one attached hydrogen (secondary N) is 3. The Kier molecular flexibility index (Phi) is 5.63. The minimum Gasteiger partial charge on any atom is -0.368 e. The number of hydrogen-bond donors (Lipinski definition) is 4. The number of H-pyrrole nitrogens is 1. The Labute approximate surface area is 169 Å². The average Bonchev–Trinajstić information content (AvgIpc) is 3.32. The zero-order chi connectivity index (χ0) is 21.3. The number of carbonyl (C=O) groups excluding carboxylic acids is 4. The summed E-state index contributed by atoms with van der Waals surface area (Å²) in [6, 6.07) is -2.37. The fourth-order valence-corrected chi connectivity index (χ4v) is 4.25. The van der Waals surface area contributed by atoms with Crippen LogP contribution in [-0.2, 0) is 25.6 Å². The fourth-order valence-electron chi connectivity index (χ4n) is 4.25. The van der Waals surface area contributed by atoms with Gasteiger partial charge < -0.3 is 26.3 Å². The molecule has 2 fully saturated rings. The van der Waals surface area contributed by atoms with Gasteiger partial charge in [0.25, 0.3) is 0 Å². The summed E-state index contributed by atoms with van der Waals surface area (Å²) >= 11 is 0. The van der Waals surface area contributed by atoms with Gasteiger partial charge in [-0.1, -0.05) is 20.8 Å². The molecule has 3 rings (SSSR count). The smallest absolute Gasteiger partial charge is 0.246 e. The number of nitrogens with zero attached hydrogens (tertiary/aromatic N) is 2. The zero-order valence-electron chi connectivity index (χ0n) is 16.9. The highest BCUT2D eigenvalue weighted by Crippen LogP contribution is 2.36. The number of imidazole rings is 1. The molecule has 10 nitrogen and oxygen atoms in total. The van der Waals surface area contributed by atoms with Crippen molar-refractivity contribution in [2.75, 3.05) is 6.54 Å². The molecule has 29 heavy (non-hydrogen) atoms. The Morgan fingerprint density at radius 1 is 1.41 bits per heavy atom. The van der Waals surface area contributed by atoms with Crippen LogP contribution >= 0.6 is 0 Å². The lowest BCUT2D eigenvalue weighted by Crippen LogP contribution is -2.58. The van der Waals surface area contributed by atoms with Crippen molar-refractivity contribution in [2.24, 2.45) is 17.1 Å². The third kappa shape index (κ3) is 4.25. The molecule has 4 atom stereocenters. The molecule has 3 heterocycles. The molecule has 0 bridgehead atoms. The number of aromatic nitrogens is 2. The topological polar surface area (TPSA) is 150 Å². The van der Waals surface area contributed by atoms with Gasteiger partial charge in [-0.15, -0.1) is 0 Å². The maximum atomic E-state index is 13.3. The van der Waals surface area contributed by atoms with Crippen LogP contribution in [-0.4, -0.2) is 63.2 Å². The highest BCUT2D eigenvalue weighted by Gasteiger charge is 2.48. The van der Waals surface area contributed by atoms with E-state index >= 15 is 0 Å². The summed E-state index contributed by atoms with van der Waals surface area (Å²) in [5.41, 5.74) is 5.74. The van der Waals surface area contributed by atoms with Gasteiger partial charge in [-0.2, -0.15) is 0 Å². The van der Waals surface area contributed by atoms with E-state index in [9.17, 15) is 19.2 Å². The predicted molar refractivity (Wildman–Crippen MR) is 103 cm³/mol. The van der Waals surface area contributed by atoms with E-state index in [1.807, 2.05) is 13.8 Å². The predicted octanol–water partition coefficient (Wildman–Crippen LogP) is -0.926. The Morgan fingerprint density at radius 2 is 2.14 bits per heavy atom. The molecule has 0 aliphatic carbocycles. The molecular weight excluding hydrogens is 376 g/mol. The molecule has 0 saturated carbocycles. The minimum absolute atomic E-state index is 0.158. The highest BCUT2D eigenvalue weighted by atomic mass is 16.2. The molecule has 4 amide bonds. The third-order valence-electron chi connectivity index (χ3n) is 5.86. The number of rotatable bonds is 6. The van der Waals surface area contributed by atoms with Crippen molar-refractivity contribution in [3.8, 4) is 0 Å². The molecule has 2 saturated heterocycles. The molecule has 0 aromatic carbocycles. The number of likely N-dealkylation sites (tertiary alicyclic amines) is 1. The summed E-state index contributed by atoms with van der Waals surface area (Å²) in [7, 11) is 0. The van der Waals surface area contributed by atoms with E-state index in [1.54, 1.807) is 13.1 Å². The number of aromatic amines is 1. The summed E-state index contributed by atoms with van der Waals surface area (Å²) in [5.74, 6) is -1.74. The number of hydrogen-bond acceptors (Lipinski definition) is 5. The number of nitrogens with two attached hydrogens (primary N) is 1. The first-order chi connectivity index (χ1) is 13.6. The number of primary amides is 1. The first-order valence-electron chi connectivity index (χ1n) is 9.77. The van der Waals surface area contributed by atoms with Crippen molar-refractivity contribution in [2.45, 2.75) is 58.2 Å². The van der Waals surface area contributed by atoms with Gasteiger partial charge in [-0.25, -0.2) is 4.98 Å². The van der Waals surface area contributed by atoms with Crippen LogP contribution in [0.25, 0.3) is 0 Å². The minimum atomic E-state index is -0.925. The summed E-state index contributed by atoms with van der Waals surface area (Å²) in [6.07, 6.45) is 4.19. The quantitative estimate of drug-likeness (QED) is 0.483. The van der Waals surface area contributed by atoms with Crippen molar-refractivity contribution >= 4 is 23.6 Å². The molecule has 5 N–H and O–H groups in total. The molecule has 0 spiro atoms. The molecule has 2 aliphatic rings. The summed E-state index contributed by atoms with van der Waals surface area (Å²) < 4.78 is 0. The SMILES string of the molecule is C[C@@H]1CC(=O)N[C@@H]1C(=O)N[C@@H](Cc1c[nH]cn1)C(=O)N1CCC(C)(C)[C@H]1C(N)=O. The number of amides is 4. The van der Waals surface area contributed by atoms with Gasteiger partial charge in [0.2, 0.25) is 23.6 Å². The van der Waals surface area contributed by atoms with Crippen LogP contribution < -0.4 is 16.4 Å². The van der Waals surface area contributed by atoms with E-state index in [-0.39, 0.29) is 30.6 Å².